The van der Waals surface area contributed by atoms with Crippen LogP contribution in [0.1, 0.15) is 45.2 Å². The third-order valence-electron chi connectivity index (χ3n) is 3.13. The Labute approximate surface area is 148 Å². The zero-order chi connectivity index (χ0) is 18.4. The molecule has 0 radical (unpaired) electrons. The smallest absolute Gasteiger partial charge is 0.361 e. The van der Waals surface area contributed by atoms with Gasteiger partial charge in [-0.3, -0.25) is 4.79 Å². The number of hydrogen-bond donors (Lipinski definition) is 0. The highest BCUT2D eigenvalue weighted by Gasteiger charge is 2.28. The van der Waals surface area contributed by atoms with Gasteiger partial charge in [0.2, 0.25) is 5.69 Å². The number of carbonyl (C=O) groups excluding carboxylic acids is 3. The Bertz CT molecular complexity index is 786. The van der Waals surface area contributed by atoms with Gasteiger partial charge in [0.15, 0.2) is 11.5 Å². The van der Waals surface area contributed by atoms with Gasteiger partial charge in [-0.1, -0.05) is 16.8 Å². The lowest BCUT2D eigenvalue weighted by molar-refractivity contribution is 0.0466. The molecule has 1 heterocycles. The van der Waals surface area contributed by atoms with Gasteiger partial charge in [0, 0.05) is 10.6 Å². The van der Waals surface area contributed by atoms with E-state index >= 15 is 0 Å². The molecule has 8 nitrogen and oxygen atoms in total. The second-order valence-corrected chi connectivity index (χ2v) is 5.25. The summed E-state index contributed by atoms with van der Waals surface area (Å²) in [4.78, 5) is 36.5. The quantitative estimate of drug-likeness (QED) is 0.547. The molecule has 0 unspecified atom stereocenters. The molecule has 2 aromatic rings. The first-order valence-corrected chi connectivity index (χ1v) is 7.92. The standard InChI is InChI=1S/C16H16ClN3O5/c1-3-24-15(22)13-14(16(23)25-4-2)20(19-18-13)9-12(21)10-5-7-11(17)8-6-10/h5-8H,3-4,9H2,1-2H3. The number of hydrogen-bond acceptors (Lipinski definition) is 7. The Morgan fingerprint density at radius 2 is 1.64 bits per heavy atom. The molecule has 132 valence electrons. The Balaban J connectivity index is 2.33. The van der Waals surface area contributed by atoms with E-state index < -0.39 is 11.9 Å². The van der Waals surface area contributed by atoms with Gasteiger partial charge in [0.25, 0.3) is 0 Å². The van der Waals surface area contributed by atoms with E-state index in [2.05, 4.69) is 10.3 Å². The maximum Gasteiger partial charge on any atom is 0.361 e. The third-order valence-corrected chi connectivity index (χ3v) is 3.38. The van der Waals surface area contributed by atoms with Crippen LogP contribution in [-0.4, -0.2) is 45.9 Å². The summed E-state index contributed by atoms with van der Waals surface area (Å²) in [5, 5.41) is 7.88. The van der Waals surface area contributed by atoms with E-state index in [1.807, 2.05) is 0 Å². The number of carbonyl (C=O) groups is 3. The van der Waals surface area contributed by atoms with E-state index in [1.54, 1.807) is 38.1 Å². The first kappa shape index (κ1) is 18.6. The molecule has 0 aliphatic rings. The van der Waals surface area contributed by atoms with Crippen LogP contribution in [-0.2, 0) is 16.0 Å². The van der Waals surface area contributed by atoms with Crippen molar-refractivity contribution < 1.29 is 23.9 Å². The number of halogens is 1. The van der Waals surface area contributed by atoms with Crippen molar-refractivity contribution in [2.45, 2.75) is 20.4 Å². The third kappa shape index (κ3) is 4.42. The molecule has 0 saturated heterocycles. The molecule has 0 aliphatic carbocycles. The van der Waals surface area contributed by atoms with Crippen molar-refractivity contribution >= 4 is 29.3 Å². The average molecular weight is 366 g/mol. The number of Topliss-reactive ketones (excluding diaryl/α,β-unsaturated/α-hetero) is 1. The van der Waals surface area contributed by atoms with Gasteiger partial charge in [0.1, 0.15) is 6.54 Å². The maximum atomic E-state index is 12.4. The largest absolute Gasteiger partial charge is 0.461 e. The maximum absolute atomic E-state index is 12.4. The molecule has 0 fully saturated rings. The van der Waals surface area contributed by atoms with Gasteiger partial charge in [0.05, 0.1) is 13.2 Å². The van der Waals surface area contributed by atoms with E-state index in [4.69, 9.17) is 21.1 Å². The number of ketones is 1. The van der Waals surface area contributed by atoms with Crippen LogP contribution in [0.2, 0.25) is 5.02 Å². The Morgan fingerprint density at radius 1 is 1.04 bits per heavy atom. The molecule has 1 aromatic carbocycles. The molecule has 0 bridgehead atoms. The fourth-order valence-electron chi connectivity index (χ4n) is 2.03. The zero-order valence-electron chi connectivity index (χ0n) is 13.7. The van der Waals surface area contributed by atoms with E-state index in [9.17, 15) is 14.4 Å². The predicted molar refractivity (Wildman–Crippen MR) is 87.7 cm³/mol. The molecule has 2 rings (SSSR count). The molecule has 0 aliphatic heterocycles. The molecule has 0 spiro atoms. The monoisotopic (exact) mass is 365 g/mol. The minimum atomic E-state index is -0.809. The second kappa shape index (κ2) is 8.39. The Hall–Kier alpha value is -2.74. The van der Waals surface area contributed by atoms with Crippen LogP contribution in [0.15, 0.2) is 24.3 Å². The fraction of sp³-hybridized carbons (Fsp3) is 0.312. The normalized spacial score (nSPS) is 10.4. The molecular formula is C16H16ClN3O5. The van der Waals surface area contributed by atoms with Crippen molar-refractivity contribution in [3.05, 3.63) is 46.2 Å². The number of nitrogens with zero attached hydrogens (tertiary/aromatic N) is 3. The van der Waals surface area contributed by atoms with E-state index in [0.717, 1.165) is 4.68 Å². The second-order valence-electron chi connectivity index (χ2n) is 4.82. The van der Waals surface area contributed by atoms with Gasteiger partial charge in [-0.25, -0.2) is 14.3 Å². The van der Waals surface area contributed by atoms with Crippen molar-refractivity contribution in [1.29, 1.82) is 0 Å². The van der Waals surface area contributed by atoms with E-state index in [1.165, 1.54) is 0 Å². The summed E-state index contributed by atoms with van der Waals surface area (Å²) in [6.45, 7) is 3.16. The van der Waals surface area contributed by atoms with Crippen LogP contribution in [0.3, 0.4) is 0 Å². The summed E-state index contributed by atoms with van der Waals surface area (Å²) in [6, 6.07) is 6.26. The minimum absolute atomic E-state index is 0.0947. The van der Waals surface area contributed by atoms with Crippen LogP contribution in [0, 0.1) is 0 Å². The molecular weight excluding hydrogens is 350 g/mol. The lowest BCUT2D eigenvalue weighted by Gasteiger charge is -2.07. The Kier molecular flexibility index (Phi) is 6.24. The molecule has 1 aromatic heterocycles. The van der Waals surface area contributed by atoms with Crippen LogP contribution in [0.25, 0.3) is 0 Å². The number of aromatic nitrogens is 3. The van der Waals surface area contributed by atoms with Crippen molar-refractivity contribution in [1.82, 2.24) is 15.0 Å². The lowest BCUT2D eigenvalue weighted by Crippen LogP contribution is -2.21. The van der Waals surface area contributed by atoms with Crippen LogP contribution >= 0.6 is 11.6 Å². The summed E-state index contributed by atoms with van der Waals surface area (Å²) in [5.74, 6) is -1.95. The summed E-state index contributed by atoms with van der Waals surface area (Å²) < 4.78 is 10.8. The first-order valence-electron chi connectivity index (χ1n) is 7.54. The molecule has 0 saturated carbocycles. The fourth-order valence-corrected chi connectivity index (χ4v) is 2.15. The molecule has 0 N–H and O–H groups in total. The summed E-state index contributed by atoms with van der Waals surface area (Å²) >= 11 is 5.79. The van der Waals surface area contributed by atoms with Crippen molar-refractivity contribution in [3.63, 3.8) is 0 Å². The van der Waals surface area contributed by atoms with Gasteiger partial charge < -0.3 is 9.47 Å². The zero-order valence-corrected chi connectivity index (χ0v) is 14.4. The van der Waals surface area contributed by atoms with Crippen molar-refractivity contribution in [2.24, 2.45) is 0 Å². The first-order chi connectivity index (χ1) is 12.0. The number of ether oxygens (including phenoxy) is 2. The number of esters is 2. The summed E-state index contributed by atoms with van der Waals surface area (Å²) in [5.41, 5.74) is -0.126. The highest BCUT2D eigenvalue weighted by Crippen LogP contribution is 2.13. The highest BCUT2D eigenvalue weighted by molar-refractivity contribution is 6.30. The molecule has 25 heavy (non-hydrogen) atoms. The van der Waals surface area contributed by atoms with Crippen molar-refractivity contribution in [3.8, 4) is 0 Å². The van der Waals surface area contributed by atoms with Gasteiger partial charge >= 0.3 is 11.9 Å². The van der Waals surface area contributed by atoms with Crippen LogP contribution in [0.4, 0.5) is 0 Å². The Morgan fingerprint density at radius 3 is 2.24 bits per heavy atom. The van der Waals surface area contributed by atoms with E-state index in [-0.39, 0.29) is 36.9 Å². The van der Waals surface area contributed by atoms with Crippen LogP contribution < -0.4 is 0 Å². The van der Waals surface area contributed by atoms with Gasteiger partial charge in [-0.2, -0.15) is 0 Å². The topological polar surface area (TPSA) is 100 Å². The number of benzene rings is 1. The summed E-state index contributed by atoms with van der Waals surface area (Å²) in [6.07, 6.45) is 0. The minimum Gasteiger partial charge on any atom is -0.461 e. The van der Waals surface area contributed by atoms with E-state index in [0.29, 0.717) is 10.6 Å². The van der Waals surface area contributed by atoms with Gasteiger partial charge in [-0.15, -0.1) is 5.10 Å². The van der Waals surface area contributed by atoms with Gasteiger partial charge in [-0.05, 0) is 38.1 Å². The molecule has 0 atom stereocenters. The number of rotatable bonds is 7. The SMILES string of the molecule is CCOC(=O)c1nnn(CC(=O)c2ccc(Cl)cc2)c1C(=O)OCC. The molecule has 0 amide bonds. The predicted octanol–water partition coefficient (Wildman–Crippen LogP) is 2.17. The van der Waals surface area contributed by atoms with Crippen molar-refractivity contribution in [2.75, 3.05) is 13.2 Å². The molecule has 9 heteroatoms. The summed E-state index contributed by atoms with van der Waals surface area (Å²) in [7, 11) is 0. The lowest BCUT2D eigenvalue weighted by atomic mass is 10.1. The van der Waals surface area contributed by atoms with Crippen LogP contribution in [0.5, 0.6) is 0 Å². The average Bonchev–Trinajstić information content (AvgIpc) is 2.99. The highest BCUT2D eigenvalue weighted by atomic mass is 35.5.